The van der Waals surface area contributed by atoms with E-state index in [0.29, 0.717) is 0 Å². The first-order valence-electron chi connectivity index (χ1n) is 7.97. The van der Waals surface area contributed by atoms with E-state index >= 15 is 0 Å². The fourth-order valence-electron chi connectivity index (χ4n) is 3.06. The Hall–Kier alpha value is -1.73. The number of sulfonamides is 1. The summed E-state index contributed by atoms with van der Waals surface area (Å²) in [6.07, 6.45) is 9.98. The van der Waals surface area contributed by atoms with Gasteiger partial charge in [-0.25, -0.2) is 13.1 Å². The zero-order chi connectivity index (χ0) is 16.3. The van der Waals surface area contributed by atoms with Crippen LogP contribution in [0, 0.1) is 0 Å². The van der Waals surface area contributed by atoms with Crippen LogP contribution in [0.15, 0.2) is 30.7 Å². The van der Waals surface area contributed by atoms with Gasteiger partial charge >= 0.3 is 0 Å². The van der Waals surface area contributed by atoms with E-state index in [1.165, 1.54) is 0 Å². The molecular formula is C16H22N4O2S. The summed E-state index contributed by atoms with van der Waals surface area (Å²) in [5.74, 6) is 0. The lowest BCUT2D eigenvalue weighted by Gasteiger charge is -2.22. The van der Waals surface area contributed by atoms with Crippen molar-refractivity contribution in [2.45, 2.75) is 43.9 Å². The van der Waals surface area contributed by atoms with Crippen molar-refractivity contribution in [3.63, 3.8) is 0 Å². The second-order valence-corrected chi connectivity index (χ2v) is 8.09. The Labute approximate surface area is 137 Å². The maximum Gasteiger partial charge on any atom is 0.214 e. The molecule has 1 saturated carbocycles. The van der Waals surface area contributed by atoms with E-state index in [4.69, 9.17) is 0 Å². The van der Waals surface area contributed by atoms with Gasteiger partial charge in [-0.2, -0.15) is 5.10 Å². The number of aryl methyl sites for hydroxylation is 1. The fourth-order valence-corrected chi connectivity index (χ4v) is 4.60. The van der Waals surface area contributed by atoms with Crippen LogP contribution in [0.1, 0.15) is 37.7 Å². The third kappa shape index (κ3) is 3.79. The van der Waals surface area contributed by atoms with E-state index in [1.807, 2.05) is 25.4 Å². The Morgan fingerprint density at radius 2 is 2.09 bits per heavy atom. The molecule has 0 atom stereocenters. The van der Waals surface area contributed by atoms with Gasteiger partial charge < -0.3 is 0 Å². The molecule has 0 unspecified atom stereocenters. The lowest BCUT2D eigenvalue weighted by molar-refractivity contribution is 0.477. The molecule has 0 spiro atoms. The third-order valence-electron chi connectivity index (χ3n) is 4.32. The van der Waals surface area contributed by atoms with Crippen LogP contribution in [-0.2, 0) is 23.6 Å². The number of aromatic nitrogens is 3. The average Bonchev–Trinajstić information content (AvgIpc) is 3.00. The summed E-state index contributed by atoms with van der Waals surface area (Å²) < 4.78 is 29.4. The highest BCUT2D eigenvalue weighted by molar-refractivity contribution is 7.90. The van der Waals surface area contributed by atoms with E-state index in [9.17, 15) is 8.42 Å². The SMILES string of the molecule is Cn1cc(-c2ncccc2CNS(=O)(=O)C2CCCCC2)cn1. The highest BCUT2D eigenvalue weighted by Gasteiger charge is 2.27. The van der Waals surface area contributed by atoms with E-state index in [2.05, 4.69) is 14.8 Å². The summed E-state index contributed by atoms with van der Waals surface area (Å²) in [5.41, 5.74) is 2.52. The average molecular weight is 334 g/mol. The van der Waals surface area contributed by atoms with Crippen molar-refractivity contribution < 1.29 is 8.42 Å². The zero-order valence-electron chi connectivity index (χ0n) is 13.3. The Morgan fingerprint density at radius 1 is 1.30 bits per heavy atom. The van der Waals surface area contributed by atoms with Crippen LogP contribution in [-0.4, -0.2) is 28.4 Å². The summed E-state index contributed by atoms with van der Waals surface area (Å²) in [5, 5.41) is 3.90. The molecule has 124 valence electrons. The van der Waals surface area contributed by atoms with Gasteiger partial charge in [0.05, 0.1) is 17.1 Å². The van der Waals surface area contributed by atoms with Gasteiger partial charge in [-0.3, -0.25) is 9.67 Å². The van der Waals surface area contributed by atoms with Crippen LogP contribution in [0.3, 0.4) is 0 Å². The molecule has 2 heterocycles. The molecule has 23 heavy (non-hydrogen) atoms. The molecule has 0 saturated heterocycles. The molecule has 7 heteroatoms. The molecule has 1 fully saturated rings. The normalized spacial score (nSPS) is 16.6. The van der Waals surface area contributed by atoms with Crippen LogP contribution in [0.4, 0.5) is 0 Å². The van der Waals surface area contributed by atoms with Gasteiger partial charge in [-0.05, 0) is 24.5 Å². The number of nitrogens with one attached hydrogen (secondary N) is 1. The number of rotatable bonds is 5. The number of nitrogens with zero attached hydrogens (tertiary/aromatic N) is 3. The minimum Gasteiger partial charge on any atom is -0.275 e. The predicted molar refractivity (Wildman–Crippen MR) is 89.1 cm³/mol. The molecule has 0 aliphatic heterocycles. The molecule has 0 bridgehead atoms. The summed E-state index contributed by atoms with van der Waals surface area (Å²) in [6, 6.07) is 3.73. The third-order valence-corrected chi connectivity index (χ3v) is 6.22. The summed E-state index contributed by atoms with van der Waals surface area (Å²) >= 11 is 0. The van der Waals surface area contributed by atoms with Crippen molar-refractivity contribution in [3.8, 4) is 11.3 Å². The largest absolute Gasteiger partial charge is 0.275 e. The summed E-state index contributed by atoms with van der Waals surface area (Å²) in [7, 11) is -1.43. The lowest BCUT2D eigenvalue weighted by atomic mass is 10.0. The van der Waals surface area contributed by atoms with Crippen LogP contribution < -0.4 is 4.72 Å². The molecule has 0 aromatic carbocycles. The highest BCUT2D eigenvalue weighted by atomic mass is 32.2. The zero-order valence-corrected chi connectivity index (χ0v) is 14.1. The highest BCUT2D eigenvalue weighted by Crippen LogP contribution is 2.24. The first kappa shape index (κ1) is 16.1. The monoisotopic (exact) mass is 334 g/mol. The molecule has 1 aliphatic carbocycles. The minimum absolute atomic E-state index is 0.255. The van der Waals surface area contributed by atoms with Gasteiger partial charge in [0, 0.05) is 31.5 Å². The van der Waals surface area contributed by atoms with Crippen LogP contribution in [0.5, 0.6) is 0 Å². The molecule has 1 N–H and O–H groups in total. The molecule has 2 aromatic rings. The molecule has 0 amide bonds. The second kappa shape index (κ2) is 6.80. The van der Waals surface area contributed by atoms with E-state index in [0.717, 1.165) is 48.9 Å². The number of hydrogen-bond acceptors (Lipinski definition) is 4. The standard InChI is InChI=1S/C16H22N4O2S/c1-20-12-14(10-18-20)16-13(6-5-9-17-16)11-19-23(21,22)15-7-3-2-4-8-15/h5-6,9-10,12,15,19H,2-4,7-8,11H2,1H3. The van der Waals surface area contributed by atoms with Crippen LogP contribution >= 0.6 is 0 Å². The van der Waals surface area contributed by atoms with Gasteiger partial charge in [0.15, 0.2) is 0 Å². The Morgan fingerprint density at radius 3 is 2.78 bits per heavy atom. The Balaban J connectivity index is 1.76. The van der Waals surface area contributed by atoms with Gasteiger partial charge in [-0.15, -0.1) is 0 Å². The number of hydrogen-bond donors (Lipinski definition) is 1. The first-order chi connectivity index (χ1) is 11.1. The van der Waals surface area contributed by atoms with Crippen LogP contribution in [0.2, 0.25) is 0 Å². The molecule has 1 aliphatic rings. The Kier molecular flexibility index (Phi) is 4.77. The van der Waals surface area contributed by atoms with Crippen molar-refractivity contribution in [2.75, 3.05) is 0 Å². The summed E-state index contributed by atoms with van der Waals surface area (Å²) in [6.45, 7) is 0.261. The van der Waals surface area contributed by atoms with Crippen molar-refractivity contribution in [3.05, 3.63) is 36.3 Å². The summed E-state index contributed by atoms with van der Waals surface area (Å²) in [4.78, 5) is 4.39. The molecule has 0 radical (unpaired) electrons. The van der Waals surface area contributed by atoms with E-state index in [1.54, 1.807) is 17.1 Å². The van der Waals surface area contributed by atoms with Crippen molar-refractivity contribution in [1.82, 2.24) is 19.5 Å². The van der Waals surface area contributed by atoms with Crippen molar-refractivity contribution in [2.24, 2.45) is 7.05 Å². The number of pyridine rings is 1. The van der Waals surface area contributed by atoms with Gasteiger partial charge in [0.1, 0.15) is 0 Å². The van der Waals surface area contributed by atoms with Crippen molar-refractivity contribution in [1.29, 1.82) is 0 Å². The van der Waals surface area contributed by atoms with Crippen LogP contribution in [0.25, 0.3) is 11.3 Å². The van der Waals surface area contributed by atoms with Gasteiger partial charge in [0.2, 0.25) is 10.0 Å². The Bertz CT molecular complexity index is 764. The predicted octanol–water partition coefficient (Wildman–Crippen LogP) is 2.23. The smallest absolute Gasteiger partial charge is 0.214 e. The second-order valence-electron chi connectivity index (χ2n) is 6.04. The van der Waals surface area contributed by atoms with Crippen molar-refractivity contribution >= 4 is 10.0 Å². The maximum absolute atomic E-state index is 12.5. The molecule has 6 nitrogen and oxygen atoms in total. The molecule has 3 rings (SSSR count). The van der Waals surface area contributed by atoms with E-state index in [-0.39, 0.29) is 11.8 Å². The van der Waals surface area contributed by atoms with Gasteiger partial charge in [0.25, 0.3) is 0 Å². The molecular weight excluding hydrogens is 312 g/mol. The minimum atomic E-state index is -3.27. The van der Waals surface area contributed by atoms with Gasteiger partial charge in [-0.1, -0.05) is 25.3 Å². The maximum atomic E-state index is 12.5. The molecule has 2 aromatic heterocycles. The topological polar surface area (TPSA) is 76.9 Å². The quantitative estimate of drug-likeness (QED) is 0.910. The fraction of sp³-hybridized carbons (Fsp3) is 0.500. The van der Waals surface area contributed by atoms with E-state index < -0.39 is 10.0 Å². The lowest BCUT2D eigenvalue weighted by Crippen LogP contribution is -2.35. The first-order valence-corrected chi connectivity index (χ1v) is 9.52.